The van der Waals surface area contributed by atoms with Crippen molar-refractivity contribution in [1.29, 1.82) is 0 Å². The van der Waals surface area contributed by atoms with Gasteiger partial charge in [-0.2, -0.15) is 0 Å². The van der Waals surface area contributed by atoms with E-state index in [0.29, 0.717) is 15.8 Å². The van der Waals surface area contributed by atoms with Crippen molar-refractivity contribution >= 4 is 40.3 Å². The summed E-state index contributed by atoms with van der Waals surface area (Å²) < 4.78 is -0.824. The third kappa shape index (κ3) is 3.48. The molecule has 7 heteroatoms. The molecular formula is C19H18ClN3O2S. The van der Waals surface area contributed by atoms with Gasteiger partial charge in [0.1, 0.15) is 4.75 Å². The molecule has 2 aromatic carbocycles. The Labute approximate surface area is 161 Å². The predicted molar refractivity (Wildman–Crippen MR) is 105 cm³/mol. The number of primary amides is 1. The molecule has 0 aromatic heterocycles. The number of nitrogens with one attached hydrogen (secondary N) is 1. The average Bonchev–Trinajstić information content (AvgIpc) is 2.90. The molecule has 1 aliphatic heterocycles. The normalized spacial score (nSPS) is 22.3. The number of benzene rings is 2. The van der Waals surface area contributed by atoms with Gasteiger partial charge < -0.3 is 11.1 Å². The highest BCUT2D eigenvalue weighted by atomic mass is 35.5. The summed E-state index contributed by atoms with van der Waals surface area (Å²) in [5, 5.41) is 4.03. The highest BCUT2D eigenvalue weighted by Crippen LogP contribution is 2.42. The maximum absolute atomic E-state index is 12.6. The van der Waals surface area contributed by atoms with Crippen molar-refractivity contribution in [2.75, 3.05) is 0 Å². The minimum Gasteiger partial charge on any atom is -0.366 e. The minimum absolute atomic E-state index is 0.153. The third-order valence-electron chi connectivity index (χ3n) is 4.34. The first-order chi connectivity index (χ1) is 12.3. The Hall–Kier alpha value is -2.31. The zero-order chi connectivity index (χ0) is 18.9. The van der Waals surface area contributed by atoms with Gasteiger partial charge in [-0.3, -0.25) is 14.6 Å². The minimum atomic E-state index is -0.824. The van der Waals surface area contributed by atoms with Gasteiger partial charge in [0.15, 0.2) is 5.17 Å². The third-order valence-corrected chi connectivity index (χ3v) is 5.92. The van der Waals surface area contributed by atoms with Crippen molar-refractivity contribution in [3.8, 4) is 0 Å². The fourth-order valence-electron chi connectivity index (χ4n) is 2.74. The van der Waals surface area contributed by atoms with Gasteiger partial charge in [-0.05, 0) is 43.2 Å². The maximum Gasteiger partial charge on any atom is 0.248 e. The Kier molecular flexibility index (Phi) is 5.07. The molecule has 0 aliphatic carbocycles. The van der Waals surface area contributed by atoms with Crippen LogP contribution in [0.3, 0.4) is 0 Å². The molecule has 0 spiro atoms. The molecule has 1 fully saturated rings. The standard InChI is InChI=1S/C19H18ClN3O2S/c1-11(14-5-3-4-6-15(14)20)22-18-23-17(25)19(2,26-18)13-9-7-12(8-10-13)16(21)24/h3-11H,1-2H3,(H2,21,24)(H,22,23,25)/t11-,19?/m0/s1. The lowest BCUT2D eigenvalue weighted by atomic mass is 9.98. The van der Waals surface area contributed by atoms with Crippen LogP contribution in [-0.2, 0) is 9.54 Å². The summed E-state index contributed by atoms with van der Waals surface area (Å²) in [5.41, 5.74) is 7.35. The van der Waals surface area contributed by atoms with Gasteiger partial charge in [0.05, 0.1) is 6.04 Å². The van der Waals surface area contributed by atoms with E-state index in [9.17, 15) is 9.59 Å². The first kappa shape index (κ1) is 18.5. The summed E-state index contributed by atoms with van der Waals surface area (Å²) in [6.45, 7) is 3.76. The highest BCUT2D eigenvalue weighted by molar-refractivity contribution is 8.15. The van der Waals surface area contributed by atoms with E-state index in [-0.39, 0.29) is 11.9 Å². The number of rotatable bonds is 4. The van der Waals surface area contributed by atoms with Crippen molar-refractivity contribution in [2.45, 2.75) is 24.6 Å². The second kappa shape index (κ2) is 7.13. The molecule has 2 amide bonds. The van der Waals surface area contributed by atoms with Crippen molar-refractivity contribution < 1.29 is 9.59 Å². The van der Waals surface area contributed by atoms with Gasteiger partial charge >= 0.3 is 0 Å². The molecule has 26 heavy (non-hydrogen) atoms. The summed E-state index contributed by atoms with van der Waals surface area (Å²) in [5.74, 6) is -0.652. The average molecular weight is 388 g/mol. The predicted octanol–water partition coefficient (Wildman–Crippen LogP) is 3.63. The lowest BCUT2D eigenvalue weighted by Crippen LogP contribution is -2.31. The molecule has 5 nitrogen and oxygen atoms in total. The monoisotopic (exact) mass is 387 g/mol. The van der Waals surface area contributed by atoms with Gasteiger partial charge in [0.2, 0.25) is 11.8 Å². The number of hydrogen-bond acceptors (Lipinski definition) is 4. The number of nitrogens with two attached hydrogens (primary N) is 1. The number of nitrogens with zero attached hydrogens (tertiary/aromatic N) is 1. The van der Waals surface area contributed by atoms with E-state index in [0.717, 1.165) is 11.1 Å². The number of aliphatic imine (C=N–C) groups is 1. The van der Waals surface area contributed by atoms with E-state index >= 15 is 0 Å². The number of amidine groups is 1. The Balaban J connectivity index is 1.85. The Morgan fingerprint density at radius 2 is 1.88 bits per heavy atom. The maximum atomic E-state index is 12.6. The van der Waals surface area contributed by atoms with Crippen LogP contribution in [0.15, 0.2) is 53.5 Å². The van der Waals surface area contributed by atoms with Gasteiger partial charge in [0, 0.05) is 10.6 Å². The number of amides is 2. The van der Waals surface area contributed by atoms with Gasteiger partial charge in [-0.1, -0.05) is 53.7 Å². The smallest absolute Gasteiger partial charge is 0.248 e. The second-order valence-corrected chi connectivity index (χ2v) is 7.98. The SMILES string of the molecule is C[C@H](N=C1NC(=O)C(C)(c2ccc(C(N)=O)cc2)S1)c1ccccc1Cl. The number of carbonyl (C=O) groups is 2. The molecule has 1 heterocycles. The van der Waals surface area contributed by atoms with Crippen molar-refractivity contribution in [1.82, 2.24) is 5.32 Å². The zero-order valence-corrected chi connectivity index (χ0v) is 15.9. The molecule has 1 unspecified atom stereocenters. The van der Waals surface area contributed by atoms with Crippen molar-refractivity contribution in [3.05, 3.63) is 70.2 Å². The summed E-state index contributed by atoms with van der Waals surface area (Å²) in [6.07, 6.45) is 0. The van der Waals surface area contributed by atoms with Crippen LogP contribution in [0, 0.1) is 0 Å². The van der Waals surface area contributed by atoms with Crippen LogP contribution in [0.25, 0.3) is 0 Å². The highest BCUT2D eigenvalue weighted by Gasteiger charge is 2.44. The van der Waals surface area contributed by atoms with Gasteiger partial charge in [-0.25, -0.2) is 0 Å². The van der Waals surface area contributed by atoms with E-state index in [1.165, 1.54) is 11.8 Å². The Morgan fingerprint density at radius 3 is 2.50 bits per heavy atom. The lowest BCUT2D eigenvalue weighted by molar-refractivity contribution is -0.121. The summed E-state index contributed by atoms with van der Waals surface area (Å²) in [4.78, 5) is 28.4. The zero-order valence-electron chi connectivity index (χ0n) is 14.3. The van der Waals surface area contributed by atoms with Crippen LogP contribution < -0.4 is 11.1 Å². The molecule has 1 aliphatic rings. The summed E-state index contributed by atoms with van der Waals surface area (Å²) >= 11 is 7.57. The Bertz CT molecular complexity index is 898. The number of hydrogen-bond donors (Lipinski definition) is 2. The molecule has 134 valence electrons. The van der Waals surface area contributed by atoms with E-state index < -0.39 is 10.7 Å². The van der Waals surface area contributed by atoms with Crippen LogP contribution in [0.5, 0.6) is 0 Å². The lowest BCUT2D eigenvalue weighted by Gasteiger charge is -2.19. The molecule has 0 bridgehead atoms. The van der Waals surface area contributed by atoms with Crippen LogP contribution >= 0.6 is 23.4 Å². The molecule has 3 N–H and O–H groups in total. The number of carbonyl (C=O) groups excluding carboxylic acids is 2. The van der Waals surface area contributed by atoms with Crippen LogP contribution in [0.1, 0.15) is 41.4 Å². The topological polar surface area (TPSA) is 84.6 Å². The molecule has 2 atom stereocenters. The van der Waals surface area contributed by atoms with Gasteiger partial charge in [-0.15, -0.1) is 0 Å². The van der Waals surface area contributed by atoms with Gasteiger partial charge in [0.25, 0.3) is 0 Å². The van der Waals surface area contributed by atoms with E-state index in [4.69, 9.17) is 17.3 Å². The van der Waals surface area contributed by atoms with Crippen molar-refractivity contribution in [3.63, 3.8) is 0 Å². The van der Waals surface area contributed by atoms with Crippen LogP contribution in [0.4, 0.5) is 0 Å². The molecule has 3 rings (SSSR count). The Morgan fingerprint density at radius 1 is 1.23 bits per heavy atom. The molecule has 2 aromatic rings. The van der Waals surface area contributed by atoms with E-state index in [1.807, 2.05) is 38.1 Å². The van der Waals surface area contributed by atoms with E-state index in [2.05, 4.69) is 10.3 Å². The largest absolute Gasteiger partial charge is 0.366 e. The fraction of sp³-hybridized carbons (Fsp3) is 0.211. The molecule has 0 radical (unpaired) electrons. The first-order valence-electron chi connectivity index (χ1n) is 8.04. The van der Waals surface area contributed by atoms with E-state index in [1.54, 1.807) is 24.3 Å². The second-order valence-electron chi connectivity index (χ2n) is 6.16. The van der Waals surface area contributed by atoms with Crippen LogP contribution in [0.2, 0.25) is 5.02 Å². The quantitative estimate of drug-likeness (QED) is 0.839. The number of thioether (sulfide) groups is 1. The van der Waals surface area contributed by atoms with Crippen LogP contribution in [-0.4, -0.2) is 17.0 Å². The first-order valence-corrected chi connectivity index (χ1v) is 9.24. The fourth-order valence-corrected chi connectivity index (χ4v) is 4.17. The summed E-state index contributed by atoms with van der Waals surface area (Å²) in [6, 6.07) is 14.0. The summed E-state index contributed by atoms with van der Waals surface area (Å²) in [7, 11) is 0. The van der Waals surface area contributed by atoms with Crippen molar-refractivity contribution in [2.24, 2.45) is 10.7 Å². The molecule has 0 saturated carbocycles. The number of halogens is 1. The molecule has 1 saturated heterocycles. The molecular weight excluding hydrogens is 370 g/mol.